The molecule has 1 N–H and O–H groups in total. The Morgan fingerprint density at radius 2 is 1.87 bits per heavy atom. The molecule has 23 heavy (non-hydrogen) atoms. The Morgan fingerprint density at radius 3 is 2.43 bits per heavy atom. The van der Waals surface area contributed by atoms with Gasteiger partial charge in [0.15, 0.2) is 0 Å². The second kappa shape index (κ2) is 6.68. The number of imidazole rings is 1. The first-order chi connectivity index (χ1) is 10.9. The van der Waals surface area contributed by atoms with E-state index < -0.39 is 5.97 Å². The summed E-state index contributed by atoms with van der Waals surface area (Å²) in [5.74, 6) is -1.44. The number of carboxylic acids is 1. The van der Waals surface area contributed by atoms with Crippen molar-refractivity contribution >= 4 is 22.9 Å². The molecule has 0 aliphatic carbocycles. The van der Waals surface area contributed by atoms with Crippen molar-refractivity contribution in [1.29, 1.82) is 0 Å². The fourth-order valence-corrected chi connectivity index (χ4v) is 2.60. The number of benzene rings is 1. The van der Waals surface area contributed by atoms with Crippen molar-refractivity contribution in [3.8, 4) is 0 Å². The highest BCUT2D eigenvalue weighted by atomic mass is 16.4. The van der Waals surface area contributed by atoms with Crippen LogP contribution in [0.4, 0.5) is 0 Å². The summed E-state index contributed by atoms with van der Waals surface area (Å²) in [6, 6.07) is 7.00. The van der Waals surface area contributed by atoms with Crippen molar-refractivity contribution in [1.82, 2.24) is 14.0 Å². The fourth-order valence-electron chi connectivity index (χ4n) is 2.60. The molecule has 2 aromatic rings. The number of carbonyl (C=O) groups excluding carboxylic acids is 1. The first-order valence-corrected chi connectivity index (χ1v) is 7.52. The van der Waals surface area contributed by atoms with E-state index >= 15 is 0 Å². The summed E-state index contributed by atoms with van der Waals surface area (Å²) in [7, 11) is 1.65. The van der Waals surface area contributed by atoms with Gasteiger partial charge in [0, 0.05) is 13.1 Å². The zero-order valence-electron chi connectivity index (χ0n) is 13.5. The molecule has 1 amide bonds. The zero-order chi connectivity index (χ0) is 17.1. The lowest BCUT2D eigenvalue weighted by molar-refractivity contribution is -0.146. The number of carboxylic acid groups (broad SMARTS) is 1. The highest BCUT2D eigenvalue weighted by Crippen LogP contribution is 2.12. The fraction of sp³-hybridized carbons (Fsp3) is 0.438. The largest absolute Gasteiger partial charge is 0.480 e. The molecule has 0 bridgehead atoms. The Morgan fingerprint density at radius 1 is 1.26 bits per heavy atom. The molecule has 1 unspecified atom stereocenters. The van der Waals surface area contributed by atoms with E-state index in [1.54, 1.807) is 32.2 Å². The van der Waals surface area contributed by atoms with E-state index in [0.717, 1.165) is 5.52 Å². The van der Waals surface area contributed by atoms with Gasteiger partial charge in [-0.3, -0.25) is 18.7 Å². The molecule has 0 fully saturated rings. The first kappa shape index (κ1) is 16.8. The maximum Gasteiger partial charge on any atom is 0.329 e. The van der Waals surface area contributed by atoms with Gasteiger partial charge in [-0.15, -0.1) is 0 Å². The van der Waals surface area contributed by atoms with Gasteiger partial charge in [-0.05, 0) is 25.5 Å². The van der Waals surface area contributed by atoms with E-state index in [4.69, 9.17) is 5.11 Å². The second-order valence-corrected chi connectivity index (χ2v) is 5.59. The first-order valence-electron chi connectivity index (χ1n) is 7.52. The third kappa shape index (κ3) is 3.28. The molecule has 124 valence electrons. The number of hydrogen-bond donors (Lipinski definition) is 1. The maximum absolute atomic E-state index is 12.5. The topological polar surface area (TPSA) is 84.5 Å². The predicted octanol–water partition coefficient (Wildman–Crippen LogP) is 1.05. The maximum atomic E-state index is 12.5. The molecule has 0 aliphatic heterocycles. The van der Waals surface area contributed by atoms with Crippen molar-refractivity contribution in [3.63, 3.8) is 0 Å². The highest BCUT2D eigenvalue weighted by molar-refractivity contribution is 5.83. The van der Waals surface area contributed by atoms with Crippen molar-refractivity contribution in [2.45, 2.75) is 32.9 Å². The second-order valence-electron chi connectivity index (χ2n) is 5.59. The Labute approximate surface area is 133 Å². The molecule has 2 rings (SSSR count). The molecular formula is C16H21N3O4. The SMILES string of the molecule is CCC(C)N(CC(=O)O)C(=O)Cn1c(=O)n(C)c2ccccc21. The lowest BCUT2D eigenvalue weighted by Crippen LogP contribution is -2.44. The number of nitrogens with zero attached hydrogens (tertiary/aromatic N) is 3. The van der Waals surface area contributed by atoms with Crippen molar-refractivity contribution in [2.75, 3.05) is 6.54 Å². The predicted molar refractivity (Wildman–Crippen MR) is 86.3 cm³/mol. The number of rotatable bonds is 6. The molecule has 0 aliphatic rings. The van der Waals surface area contributed by atoms with Gasteiger partial charge in [-0.25, -0.2) is 4.79 Å². The minimum atomic E-state index is -1.07. The third-order valence-electron chi connectivity index (χ3n) is 4.09. The molecule has 0 saturated carbocycles. The van der Waals surface area contributed by atoms with Gasteiger partial charge in [0.2, 0.25) is 5.91 Å². The van der Waals surface area contributed by atoms with Crippen molar-refractivity contribution < 1.29 is 14.7 Å². The van der Waals surface area contributed by atoms with Gasteiger partial charge in [0.05, 0.1) is 11.0 Å². The number of aliphatic carboxylic acids is 1. The monoisotopic (exact) mass is 319 g/mol. The number of carbonyl (C=O) groups is 2. The molecule has 7 nitrogen and oxygen atoms in total. The summed E-state index contributed by atoms with van der Waals surface area (Å²) in [5.41, 5.74) is 1.10. The smallest absolute Gasteiger partial charge is 0.329 e. The van der Waals surface area contributed by atoms with Crippen LogP contribution in [0.5, 0.6) is 0 Å². The number of amides is 1. The normalized spacial score (nSPS) is 12.3. The van der Waals surface area contributed by atoms with Crippen LogP contribution in [0.15, 0.2) is 29.1 Å². The van der Waals surface area contributed by atoms with E-state index in [1.807, 2.05) is 13.0 Å². The molecule has 0 spiro atoms. The average Bonchev–Trinajstić information content (AvgIpc) is 2.77. The van der Waals surface area contributed by atoms with Crippen LogP contribution in [-0.4, -0.2) is 43.6 Å². The Kier molecular flexibility index (Phi) is 4.88. The van der Waals surface area contributed by atoms with Gasteiger partial charge in [-0.2, -0.15) is 0 Å². The van der Waals surface area contributed by atoms with Gasteiger partial charge in [0.25, 0.3) is 0 Å². The number of aromatic nitrogens is 2. The van der Waals surface area contributed by atoms with Gasteiger partial charge in [-0.1, -0.05) is 19.1 Å². The summed E-state index contributed by atoms with van der Waals surface area (Å²) < 4.78 is 2.86. The van der Waals surface area contributed by atoms with E-state index in [-0.39, 0.29) is 30.7 Å². The standard InChI is InChI=1S/C16H21N3O4/c1-4-11(2)18(10-15(21)22)14(20)9-19-13-8-6-5-7-12(13)17(3)16(19)23/h5-8,11H,4,9-10H2,1-3H3,(H,21,22). The Balaban J connectivity index is 2.37. The zero-order valence-corrected chi connectivity index (χ0v) is 13.5. The van der Waals surface area contributed by atoms with E-state index in [2.05, 4.69) is 0 Å². The quantitative estimate of drug-likeness (QED) is 0.862. The molecular weight excluding hydrogens is 298 g/mol. The molecule has 0 radical (unpaired) electrons. The minimum Gasteiger partial charge on any atom is -0.480 e. The average molecular weight is 319 g/mol. The van der Waals surface area contributed by atoms with Gasteiger partial charge < -0.3 is 10.0 Å². The third-order valence-corrected chi connectivity index (χ3v) is 4.09. The molecule has 1 aromatic heterocycles. The Hall–Kier alpha value is -2.57. The summed E-state index contributed by atoms with van der Waals surface area (Å²) in [6.07, 6.45) is 0.642. The van der Waals surface area contributed by atoms with Crippen LogP contribution < -0.4 is 5.69 Å². The number of hydrogen-bond acceptors (Lipinski definition) is 3. The lowest BCUT2D eigenvalue weighted by atomic mass is 10.2. The van der Waals surface area contributed by atoms with Crippen LogP contribution in [0.2, 0.25) is 0 Å². The van der Waals surface area contributed by atoms with Crippen molar-refractivity contribution in [2.24, 2.45) is 7.05 Å². The lowest BCUT2D eigenvalue weighted by Gasteiger charge is -2.27. The summed E-state index contributed by atoms with van der Waals surface area (Å²) in [4.78, 5) is 37.2. The van der Waals surface area contributed by atoms with Crippen molar-refractivity contribution in [3.05, 3.63) is 34.7 Å². The summed E-state index contributed by atoms with van der Waals surface area (Å²) in [5, 5.41) is 9.01. The van der Waals surface area contributed by atoms with E-state index in [1.165, 1.54) is 14.0 Å². The molecule has 1 heterocycles. The van der Waals surface area contributed by atoms with Crippen LogP contribution in [0.1, 0.15) is 20.3 Å². The van der Waals surface area contributed by atoms with Crippen LogP contribution in [0.3, 0.4) is 0 Å². The highest BCUT2D eigenvalue weighted by Gasteiger charge is 2.23. The van der Waals surface area contributed by atoms with E-state index in [9.17, 15) is 14.4 Å². The minimum absolute atomic E-state index is 0.169. The number of aryl methyl sites for hydroxylation is 1. The molecule has 1 atom stereocenters. The number of fused-ring (bicyclic) bond motifs is 1. The molecule has 1 aromatic carbocycles. The molecule has 7 heteroatoms. The van der Waals surface area contributed by atoms with Gasteiger partial charge >= 0.3 is 11.7 Å². The van der Waals surface area contributed by atoms with Gasteiger partial charge in [0.1, 0.15) is 13.1 Å². The summed E-state index contributed by atoms with van der Waals surface area (Å²) >= 11 is 0. The van der Waals surface area contributed by atoms with Crippen LogP contribution in [-0.2, 0) is 23.2 Å². The molecule has 0 saturated heterocycles. The Bertz CT molecular complexity index is 790. The van der Waals surface area contributed by atoms with Crippen LogP contribution in [0, 0.1) is 0 Å². The number of para-hydroxylation sites is 2. The van der Waals surface area contributed by atoms with Crippen LogP contribution >= 0.6 is 0 Å². The van der Waals surface area contributed by atoms with E-state index in [0.29, 0.717) is 11.9 Å². The summed E-state index contributed by atoms with van der Waals surface area (Å²) in [6.45, 7) is 3.15. The van der Waals surface area contributed by atoms with Crippen LogP contribution in [0.25, 0.3) is 11.0 Å².